The number of rotatable bonds is 2. The average molecular weight is 318 g/mol. The quantitative estimate of drug-likeness (QED) is 0.762. The Labute approximate surface area is 118 Å². The standard InChI is InChI=1S/C13H12BrN5/c1-8-3-2-4-9(11(8)14)17-12-13-16-5-6-19(13)7-10(15)18-12/h2-7H,15H2,1H3,(H,17,18). The molecular formula is C13H12BrN5. The van der Waals surface area contributed by atoms with E-state index in [1.54, 1.807) is 12.4 Å². The molecule has 0 aliphatic heterocycles. The van der Waals surface area contributed by atoms with Gasteiger partial charge in [-0.2, -0.15) is 0 Å². The molecule has 6 heteroatoms. The molecule has 0 fully saturated rings. The summed E-state index contributed by atoms with van der Waals surface area (Å²) < 4.78 is 2.85. The second-order valence-electron chi connectivity index (χ2n) is 4.23. The van der Waals surface area contributed by atoms with Crippen LogP contribution in [0.4, 0.5) is 17.3 Å². The Balaban J connectivity index is 2.10. The van der Waals surface area contributed by atoms with E-state index in [9.17, 15) is 0 Å². The molecule has 0 saturated carbocycles. The van der Waals surface area contributed by atoms with Gasteiger partial charge in [-0.15, -0.1) is 0 Å². The lowest BCUT2D eigenvalue weighted by Crippen LogP contribution is -2.02. The zero-order valence-electron chi connectivity index (χ0n) is 10.3. The first-order valence-corrected chi connectivity index (χ1v) is 6.56. The summed E-state index contributed by atoms with van der Waals surface area (Å²) in [5.74, 6) is 1.08. The van der Waals surface area contributed by atoms with Crippen molar-refractivity contribution in [2.45, 2.75) is 6.92 Å². The lowest BCUT2D eigenvalue weighted by atomic mass is 10.2. The van der Waals surface area contributed by atoms with Gasteiger partial charge in [-0.25, -0.2) is 9.97 Å². The van der Waals surface area contributed by atoms with Crippen LogP contribution in [0.15, 0.2) is 41.3 Å². The van der Waals surface area contributed by atoms with E-state index in [-0.39, 0.29) is 0 Å². The Morgan fingerprint density at radius 2 is 2.21 bits per heavy atom. The minimum absolute atomic E-state index is 0.441. The Kier molecular flexibility index (Phi) is 2.87. The van der Waals surface area contributed by atoms with Gasteiger partial charge < -0.3 is 15.5 Å². The topological polar surface area (TPSA) is 68.2 Å². The molecule has 3 N–H and O–H groups in total. The third kappa shape index (κ3) is 2.15. The normalized spacial score (nSPS) is 10.8. The molecule has 1 aromatic carbocycles. The number of nitrogens with one attached hydrogen (secondary N) is 1. The molecule has 3 aromatic rings. The fraction of sp³-hybridized carbons (Fsp3) is 0.0769. The molecule has 0 radical (unpaired) electrons. The van der Waals surface area contributed by atoms with E-state index in [4.69, 9.17) is 5.73 Å². The summed E-state index contributed by atoms with van der Waals surface area (Å²) in [5, 5.41) is 3.26. The summed E-state index contributed by atoms with van der Waals surface area (Å²) >= 11 is 3.56. The second kappa shape index (κ2) is 4.55. The van der Waals surface area contributed by atoms with Crippen LogP contribution in [-0.2, 0) is 0 Å². The van der Waals surface area contributed by atoms with Gasteiger partial charge in [-0.3, -0.25) is 0 Å². The molecular weight excluding hydrogens is 306 g/mol. The van der Waals surface area contributed by atoms with Crippen LogP contribution in [-0.4, -0.2) is 14.4 Å². The zero-order valence-corrected chi connectivity index (χ0v) is 11.8. The third-order valence-electron chi connectivity index (χ3n) is 2.84. The van der Waals surface area contributed by atoms with E-state index < -0.39 is 0 Å². The minimum Gasteiger partial charge on any atom is -0.382 e. The van der Waals surface area contributed by atoms with Crippen molar-refractivity contribution >= 4 is 38.9 Å². The number of halogens is 1. The first kappa shape index (κ1) is 12.0. The Bertz CT molecular complexity index is 750. The highest BCUT2D eigenvalue weighted by atomic mass is 79.9. The number of hydrogen-bond acceptors (Lipinski definition) is 4. The van der Waals surface area contributed by atoms with Gasteiger partial charge in [-0.05, 0) is 34.5 Å². The molecule has 19 heavy (non-hydrogen) atoms. The minimum atomic E-state index is 0.441. The molecule has 0 aliphatic carbocycles. The van der Waals surface area contributed by atoms with Crippen LogP contribution < -0.4 is 11.1 Å². The Morgan fingerprint density at radius 3 is 3.05 bits per heavy atom. The van der Waals surface area contributed by atoms with Crippen molar-refractivity contribution in [3.05, 3.63) is 46.8 Å². The molecule has 96 valence electrons. The maximum atomic E-state index is 5.79. The van der Waals surface area contributed by atoms with Crippen LogP contribution in [0.1, 0.15) is 5.56 Å². The summed E-state index contributed by atoms with van der Waals surface area (Å²) in [7, 11) is 0. The molecule has 0 amide bonds. The molecule has 0 unspecified atom stereocenters. The van der Waals surface area contributed by atoms with Crippen LogP contribution in [0, 0.1) is 6.92 Å². The van der Waals surface area contributed by atoms with Crippen LogP contribution in [0.25, 0.3) is 5.65 Å². The summed E-state index contributed by atoms with van der Waals surface area (Å²) in [5.41, 5.74) is 8.61. The van der Waals surface area contributed by atoms with Crippen molar-refractivity contribution in [1.82, 2.24) is 14.4 Å². The fourth-order valence-corrected chi connectivity index (χ4v) is 2.27. The molecule has 3 rings (SSSR count). The highest BCUT2D eigenvalue weighted by Crippen LogP contribution is 2.29. The van der Waals surface area contributed by atoms with Crippen LogP contribution in [0.2, 0.25) is 0 Å². The molecule has 0 spiro atoms. The zero-order chi connectivity index (χ0) is 13.4. The van der Waals surface area contributed by atoms with Gasteiger partial charge >= 0.3 is 0 Å². The largest absolute Gasteiger partial charge is 0.382 e. The van der Waals surface area contributed by atoms with Gasteiger partial charge in [0, 0.05) is 16.9 Å². The van der Waals surface area contributed by atoms with Crippen LogP contribution in [0.3, 0.4) is 0 Å². The number of fused-ring (bicyclic) bond motifs is 1. The van der Waals surface area contributed by atoms with Crippen molar-refractivity contribution in [2.75, 3.05) is 11.1 Å². The molecule has 0 aliphatic rings. The van der Waals surface area contributed by atoms with E-state index in [0.717, 1.165) is 21.4 Å². The number of aromatic nitrogens is 3. The number of anilines is 3. The molecule has 2 aromatic heterocycles. The maximum absolute atomic E-state index is 5.79. The number of nitrogens with two attached hydrogens (primary N) is 1. The van der Waals surface area contributed by atoms with Gasteiger partial charge in [0.15, 0.2) is 11.5 Å². The second-order valence-corrected chi connectivity index (χ2v) is 5.03. The molecule has 0 saturated heterocycles. The van der Waals surface area contributed by atoms with Crippen LogP contribution in [0.5, 0.6) is 0 Å². The number of nitrogen functional groups attached to an aromatic ring is 1. The maximum Gasteiger partial charge on any atom is 0.180 e. The molecule has 5 nitrogen and oxygen atoms in total. The molecule has 0 bridgehead atoms. The van der Waals surface area contributed by atoms with E-state index in [1.165, 1.54) is 0 Å². The Hall–Kier alpha value is -2.08. The smallest absolute Gasteiger partial charge is 0.180 e. The number of aryl methyl sites for hydroxylation is 1. The van der Waals surface area contributed by atoms with Crippen molar-refractivity contribution in [3.63, 3.8) is 0 Å². The average Bonchev–Trinajstić information content (AvgIpc) is 2.83. The summed E-state index contributed by atoms with van der Waals surface area (Å²) in [6.07, 6.45) is 5.29. The summed E-state index contributed by atoms with van der Waals surface area (Å²) in [4.78, 5) is 8.58. The van der Waals surface area contributed by atoms with E-state index in [2.05, 4.69) is 31.2 Å². The number of nitrogens with zero attached hydrogens (tertiary/aromatic N) is 3. The lowest BCUT2D eigenvalue weighted by Gasteiger charge is -2.11. The molecule has 2 heterocycles. The van der Waals surface area contributed by atoms with Gasteiger partial charge in [0.25, 0.3) is 0 Å². The SMILES string of the molecule is Cc1cccc(Nc2nc(N)cn3ccnc23)c1Br. The molecule has 0 atom stereocenters. The first-order chi connectivity index (χ1) is 9.15. The third-order valence-corrected chi connectivity index (χ3v) is 3.89. The van der Waals surface area contributed by atoms with Gasteiger partial charge in [0.05, 0.1) is 11.9 Å². The monoisotopic (exact) mass is 317 g/mol. The van der Waals surface area contributed by atoms with Crippen molar-refractivity contribution in [3.8, 4) is 0 Å². The van der Waals surface area contributed by atoms with Crippen molar-refractivity contribution in [1.29, 1.82) is 0 Å². The van der Waals surface area contributed by atoms with Crippen molar-refractivity contribution < 1.29 is 0 Å². The van der Waals surface area contributed by atoms with Gasteiger partial charge in [0.2, 0.25) is 0 Å². The highest BCUT2D eigenvalue weighted by Gasteiger charge is 2.09. The summed E-state index contributed by atoms with van der Waals surface area (Å²) in [6.45, 7) is 2.03. The lowest BCUT2D eigenvalue weighted by molar-refractivity contribution is 1.13. The Morgan fingerprint density at radius 1 is 1.37 bits per heavy atom. The predicted molar refractivity (Wildman–Crippen MR) is 79.6 cm³/mol. The first-order valence-electron chi connectivity index (χ1n) is 5.76. The van der Waals surface area contributed by atoms with E-state index >= 15 is 0 Å². The van der Waals surface area contributed by atoms with Gasteiger partial charge in [0.1, 0.15) is 5.82 Å². The number of benzene rings is 1. The van der Waals surface area contributed by atoms with Crippen LogP contribution >= 0.6 is 15.9 Å². The van der Waals surface area contributed by atoms with E-state index in [0.29, 0.717) is 11.6 Å². The fourth-order valence-electron chi connectivity index (χ4n) is 1.91. The number of hydrogen-bond donors (Lipinski definition) is 2. The van der Waals surface area contributed by atoms with Gasteiger partial charge in [-0.1, -0.05) is 12.1 Å². The number of imidazole rings is 1. The highest BCUT2D eigenvalue weighted by molar-refractivity contribution is 9.10. The predicted octanol–water partition coefficient (Wildman–Crippen LogP) is 3.13. The van der Waals surface area contributed by atoms with E-state index in [1.807, 2.05) is 35.7 Å². The van der Waals surface area contributed by atoms with Crippen molar-refractivity contribution in [2.24, 2.45) is 0 Å². The summed E-state index contributed by atoms with van der Waals surface area (Å²) in [6, 6.07) is 5.99.